The molecule has 0 aliphatic carbocycles. The zero-order valence-corrected chi connectivity index (χ0v) is 18.5. The highest BCUT2D eigenvalue weighted by molar-refractivity contribution is 5.68. The lowest BCUT2D eigenvalue weighted by Crippen LogP contribution is -2.49. The first-order valence-electron chi connectivity index (χ1n) is 10.2. The summed E-state index contributed by atoms with van der Waals surface area (Å²) in [5.41, 5.74) is 1.78. The SMILES string of the molecule is CN(C(=O)OC(C)(C)C)[C@H]1COC[C@@H](Oc2nc(-c3cnn(C)c3)cn3nccc23)C1. The third-order valence-electron chi connectivity index (χ3n) is 5.01. The number of carbonyl (C=O) groups is 1. The molecule has 1 fully saturated rings. The molecule has 0 spiro atoms. The van der Waals surface area contributed by atoms with E-state index in [2.05, 4.69) is 10.2 Å². The maximum atomic E-state index is 12.4. The molecule has 31 heavy (non-hydrogen) atoms. The number of hydrogen-bond acceptors (Lipinski definition) is 7. The summed E-state index contributed by atoms with van der Waals surface area (Å²) in [6, 6.07) is 1.69. The number of carbonyl (C=O) groups excluding carboxylic acids is 1. The molecular weight excluding hydrogens is 400 g/mol. The van der Waals surface area contributed by atoms with Gasteiger partial charge >= 0.3 is 6.09 Å². The largest absolute Gasteiger partial charge is 0.470 e. The van der Waals surface area contributed by atoms with Gasteiger partial charge in [0.25, 0.3) is 0 Å². The first kappa shape index (κ1) is 21.1. The Morgan fingerprint density at radius 3 is 2.77 bits per heavy atom. The molecule has 10 heteroatoms. The minimum Gasteiger partial charge on any atom is -0.470 e. The smallest absolute Gasteiger partial charge is 0.410 e. The van der Waals surface area contributed by atoms with Crippen molar-refractivity contribution in [2.75, 3.05) is 20.3 Å². The molecule has 1 amide bonds. The van der Waals surface area contributed by atoms with Crippen LogP contribution in [0.4, 0.5) is 4.79 Å². The van der Waals surface area contributed by atoms with Gasteiger partial charge in [0, 0.05) is 32.3 Å². The molecule has 2 atom stereocenters. The summed E-state index contributed by atoms with van der Waals surface area (Å²) in [5.74, 6) is 0.466. The van der Waals surface area contributed by atoms with Crippen LogP contribution in [-0.4, -0.2) is 73.4 Å². The number of aromatic nitrogens is 5. The van der Waals surface area contributed by atoms with Gasteiger partial charge in [-0.2, -0.15) is 10.2 Å². The van der Waals surface area contributed by atoms with E-state index in [0.29, 0.717) is 31.2 Å². The third-order valence-corrected chi connectivity index (χ3v) is 5.01. The van der Waals surface area contributed by atoms with Crippen molar-refractivity contribution in [3.05, 3.63) is 30.9 Å². The van der Waals surface area contributed by atoms with Crippen LogP contribution in [0.3, 0.4) is 0 Å². The van der Waals surface area contributed by atoms with E-state index in [1.54, 1.807) is 33.5 Å². The number of likely N-dealkylation sites (N-methyl/N-ethyl adjacent to an activating group) is 1. The molecule has 0 bridgehead atoms. The van der Waals surface area contributed by atoms with Gasteiger partial charge in [0.1, 0.15) is 17.2 Å². The van der Waals surface area contributed by atoms with Crippen LogP contribution in [0.2, 0.25) is 0 Å². The highest BCUT2D eigenvalue weighted by atomic mass is 16.6. The van der Waals surface area contributed by atoms with E-state index >= 15 is 0 Å². The number of amides is 1. The summed E-state index contributed by atoms with van der Waals surface area (Å²) in [4.78, 5) is 18.7. The van der Waals surface area contributed by atoms with Gasteiger partial charge in [0.05, 0.1) is 43.5 Å². The number of hydrogen-bond donors (Lipinski definition) is 0. The second-order valence-corrected chi connectivity index (χ2v) is 8.75. The molecule has 0 radical (unpaired) electrons. The summed E-state index contributed by atoms with van der Waals surface area (Å²) < 4.78 is 20.9. The Kier molecular flexibility index (Phi) is 5.57. The maximum absolute atomic E-state index is 12.4. The van der Waals surface area contributed by atoms with Crippen LogP contribution in [-0.2, 0) is 16.5 Å². The quantitative estimate of drug-likeness (QED) is 0.630. The summed E-state index contributed by atoms with van der Waals surface area (Å²) >= 11 is 0. The Morgan fingerprint density at radius 1 is 1.26 bits per heavy atom. The van der Waals surface area contributed by atoms with Crippen molar-refractivity contribution < 1.29 is 19.0 Å². The van der Waals surface area contributed by atoms with Crippen molar-refractivity contribution in [3.8, 4) is 17.1 Å². The van der Waals surface area contributed by atoms with Gasteiger partial charge in [0.15, 0.2) is 0 Å². The van der Waals surface area contributed by atoms with Crippen LogP contribution in [0.25, 0.3) is 16.8 Å². The average Bonchev–Trinajstić information content (AvgIpc) is 3.35. The monoisotopic (exact) mass is 428 g/mol. The Labute approximate surface area is 180 Å². The molecule has 1 saturated heterocycles. The molecule has 10 nitrogen and oxygen atoms in total. The highest BCUT2D eigenvalue weighted by Crippen LogP contribution is 2.26. The van der Waals surface area contributed by atoms with Crippen LogP contribution in [0, 0.1) is 0 Å². The number of fused-ring (bicyclic) bond motifs is 1. The molecule has 3 aromatic rings. The van der Waals surface area contributed by atoms with Crippen molar-refractivity contribution in [3.63, 3.8) is 0 Å². The molecule has 1 aliphatic rings. The van der Waals surface area contributed by atoms with Crippen LogP contribution in [0.15, 0.2) is 30.9 Å². The lowest BCUT2D eigenvalue weighted by molar-refractivity contribution is -0.0464. The van der Waals surface area contributed by atoms with Crippen molar-refractivity contribution >= 4 is 11.6 Å². The van der Waals surface area contributed by atoms with Crippen LogP contribution in [0.1, 0.15) is 27.2 Å². The predicted molar refractivity (Wildman–Crippen MR) is 113 cm³/mol. The minimum atomic E-state index is -0.555. The topological polar surface area (TPSA) is 96.0 Å². The van der Waals surface area contributed by atoms with Gasteiger partial charge in [-0.15, -0.1) is 0 Å². The van der Waals surface area contributed by atoms with E-state index in [9.17, 15) is 4.79 Å². The first-order valence-corrected chi connectivity index (χ1v) is 10.2. The number of rotatable bonds is 4. The second-order valence-electron chi connectivity index (χ2n) is 8.75. The first-order chi connectivity index (χ1) is 14.7. The van der Waals surface area contributed by atoms with Crippen LogP contribution < -0.4 is 4.74 Å². The lowest BCUT2D eigenvalue weighted by atomic mass is 10.1. The molecule has 0 aromatic carbocycles. The minimum absolute atomic E-state index is 0.156. The van der Waals surface area contributed by atoms with Gasteiger partial charge in [-0.25, -0.2) is 14.3 Å². The predicted octanol–water partition coefficient (Wildman–Crippen LogP) is 2.53. The number of ether oxygens (including phenoxy) is 3. The van der Waals surface area contributed by atoms with Crippen LogP contribution >= 0.6 is 0 Å². The fourth-order valence-electron chi connectivity index (χ4n) is 3.45. The molecule has 1 aliphatic heterocycles. The van der Waals surface area contributed by atoms with E-state index in [-0.39, 0.29) is 18.2 Å². The Morgan fingerprint density at radius 2 is 2.06 bits per heavy atom. The number of aryl methyl sites for hydroxylation is 1. The third kappa shape index (κ3) is 4.79. The second kappa shape index (κ2) is 8.18. The normalized spacial score (nSPS) is 19.4. The van der Waals surface area contributed by atoms with Crippen LogP contribution in [0.5, 0.6) is 5.88 Å². The number of nitrogens with zero attached hydrogens (tertiary/aromatic N) is 6. The lowest BCUT2D eigenvalue weighted by Gasteiger charge is -2.35. The maximum Gasteiger partial charge on any atom is 0.410 e. The van der Waals surface area contributed by atoms with E-state index < -0.39 is 5.60 Å². The highest BCUT2D eigenvalue weighted by Gasteiger charge is 2.32. The van der Waals surface area contributed by atoms with E-state index in [4.69, 9.17) is 19.2 Å². The molecule has 166 valence electrons. The van der Waals surface area contributed by atoms with E-state index in [1.807, 2.05) is 46.3 Å². The summed E-state index contributed by atoms with van der Waals surface area (Å²) in [6.07, 6.45) is 7.14. The van der Waals surface area contributed by atoms with Crippen molar-refractivity contribution in [1.82, 2.24) is 29.3 Å². The van der Waals surface area contributed by atoms with E-state index in [1.165, 1.54) is 0 Å². The Bertz CT molecular complexity index is 1070. The zero-order chi connectivity index (χ0) is 22.2. The fourth-order valence-corrected chi connectivity index (χ4v) is 3.45. The molecule has 0 unspecified atom stereocenters. The van der Waals surface area contributed by atoms with Gasteiger partial charge < -0.3 is 19.1 Å². The van der Waals surface area contributed by atoms with Crippen molar-refractivity contribution in [1.29, 1.82) is 0 Å². The Hall–Kier alpha value is -3.14. The molecule has 0 N–H and O–H groups in total. The molecular formula is C21H28N6O4. The van der Waals surface area contributed by atoms with Crippen molar-refractivity contribution in [2.45, 2.75) is 44.9 Å². The standard InChI is InChI=1S/C21H28N6O4/c1-21(2,3)31-20(28)26(5)15-8-16(13-29-12-15)30-19-18-6-7-22-27(18)11-17(24-19)14-9-23-25(4)10-14/h6-7,9-11,15-16H,8,12-13H2,1-5H3/t15-,16+/m1/s1. The zero-order valence-electron chi connectivity index (χ0n) is 18.5. The molecule has 3 aromatic heterocycles. The van der Waals surface area contributed by atoms with E-state index in [0.717, 1.165) is 11.1 Å². The van der Waals surface area contributed by atoms with Gasteiger partial charge in [0.2, 0.25) is 5.88 Å². The summed E-state index contributed by atoms with van der Waals surface area (Å²) in [5, 5.41) is 8.55. The molecule has 4 rings (SSSR count). The molecule has 0 saturated carbocycles. The van der Waals surface area contributed by atoms with Gasteiger partial charge in [-0.05, 0) is 26.8 Å². The summed E-state index contributed by atoms with van der Waals surface area (Å²) in [6.45, 7) is 6.39. The van der Waals surface area contributed by atoms with Crippen molar-refractivity contribution in [2.24, 2.45) is 7.05 Å². The average molecular weight is 428 g/mol. The molecule has 4 heterocycles. The summed E-state index contributed by atoms with van der Waals surface area (Å²) in [7, 11) is 3.58. The fraction of sp³-hybridized carbons (Fsp3) is 0.524. The van der Waals surface area contributed by atoms with Gasteiger partial charge in [-0.1, -0.05) is 0 Å². The Balaban J connectivity index is 1.52. The van der Waals surface area contributed by atoms with Gasteiger partial charge in [-0.3, -0.25) is 4.68 Å².